The molecule has 1 saturated heterocycles. The quantitative estimate of drug-likeness (QED) is 0.807. The number of hydrogen-bond donors (Lipinski definition) is 1. The topological polar surface area (TPSA) is 32.5 Å². The maximum atomic E-state index is 6.11. The maximum Gasteiger partial charge on any atom is 0.0455 e. The third-order valence-electron chi connectivity index (χ3n) is 4.94. The van der Waals surface area contributed by atoms with Gasteiger partial charge in [-0.3, -0.25) is 4.90 Å². The second kappa shape index (κ2) is 5.68. The van der Waals surface area contributed by atoms with Crippen molar-refractivity contribution in [2.75, 3.05) is 40.3 Å². The summed E-state index contributed by atoms with van der Waals surface area (Å²) in [6, 6.07) is 0. The van der Waals surface area contributed by atoms with Gasteiger partial charge in [-0.05, 0) is 52.2 Å². The van der Waals surface area contributed by atoms with Crippen LogP contribution < -0.4 is 5.73 Å². The number of hydrogen-bond acceptors (Lipinski definition) is 3. The van der Waals surface area contributed by atoms with E-state index in [0.717, 1.165) is 19.0 Å². The first-order valence-electron chi connectivity index (χ1n) is 7.26. The van der Waals surface area contributed by atoms with Crippen molar-refractivity contribution < 1.29 is 0 Å². The van der Waals surface area contributed by atoms with Gasteiger partial charge in [0.05, 0.1) is 0 Å². The van der Waals surface area contributed by atoms with Gasteiger partial charge >= 0.3 is 0 Å². The average molecular weight is 239 g/mol. The van der Waals surface area contributed by atoms with Crippen molar-refractivity contribution in [1.82, 2.24) is 9.80 Å². The van der Waals surface area contributed by atoms with Crippen LogP contribution in [0.2, 0.25) is 0 Å². The van der Waals surface area contributed by atoms with Crippen molar-refractivity contribution in [2.45, 2.75) is 44.1 Å². The van der Waals surface area contributed by atoms with Gasteiger partial charge in [-0.25, -0.2) is 0 Å². The van der Waals surface area contributed by atoms with E-state index in [4.69, 9.17) is 5.73 Å². The van der Waals surface area contributed by atoms with Crippen LogP contribution in [0.3, 0.4) is 0 Å². The minimum atomic E-state index is 0.246. The largest absolute Gasteiger partial charge is 0.329 e. The van der Waals surface area contributed by atoms with Gasteiger partial charge < -0.3 is 10.6 Å². The van der Waals surface area contributed by atoms with Gasteiger partial charge in [0.2, 0.25) is 0 Å². The minimum Gasteiger partial charge on any atom is -0.329 e. The van der Waals surface area contributed by atoms with Gasteiger partial charge in [0, 0.05) is 25.2 Å². The van der Waals surface area contributed by atoms with Gasteiger partial charge in [0.25, 0.3) is 0 Å². The molecule has 0 aromatic rings. The van der Waals surface area contributed by atoms with E-state index in [-0.39, 0.29) is 5.54 Å². The predicted octanol–water partition coefficient (Wildman–Crippen LogP) is 1.53. The summed E-state index contributed by atoms with van der Waals surface area (Å²) < 4.78 is 0. The van der Waals surface area contributed by atoms with Crippen LogP contribution in [0.1, 0.15) is 38.5 Å². The molecule has 0 spiro atoms. The standard InChI is InChI=1S/C14H29N3/c1-16-9-5-8-14(11-15,12-16)17(2)10-13-6-3-4-7-13/h13H,3-12,15H2,1-2H3. The lowest BCUT2D eigenvalue weighted by Crippen LogP contribution is -2.61. The summed E-state index contributed by atoms with van der Waals surface area (Å²) in [6.45, 7) is 4.44. The number of likely N-dealkylation sites (tertiary alicyclic amines) is 1. The molecule has 2 rings (SSSR count). The summed E-state index contributed by atoms with van der Waals surface area (Å²) in [6.07, 6.45) is 8.31. The molecule has 2 fully saturated rings. The van der Waals surface area contributed by atoms with Crippen molar-refractivity contribution in [3.05, 3.63) is 0 Å². The Morgan fingerprint density at radius 2 is 2.00 bits per heavy atom. The Kier molecular flexibility index (Phi) is 4.45. The molecule has 0 aromatic heterocycles. The number of piperidine rings is 1. The van der Waals surface area contributed by atoms with Crippen LogP contribution in [0.25, 0.3) is 0 Å². The summed E-state index contributed by atoms with van der Waals surface area (Å²) in [4.78, 5) is 5.03. The van der Waals surface area contributed by atoms with Gasteiger partial charge in [-0.1, -0.05) is 12.8 Å². The van der Waals surface area contributed by atoms with Crippen LogP contribution in [0.4, 0.5) is 0 Å². The molecule has 0 radical (unpaired) electrons. The van der Waals surface area contributed by atoms with Crippen LogP contribution >= 0.6 is 0 Å². The van der Waals surface area contributed by atoms with Crippen molar-refractivity contribution in [1.29, 1.82) is 0 Å². The Morgan fingerprint density at radius 3 is 2.59 bits per heavy atom. The number of nitrogens with two attached hydrogens (primary N) is 1. The molecule has 17 heavy (non-hydrogen) atoms. The van der Waals surface area contributed by atoms with E-state index in [1.54, 1.807) is 0 Å². The molecule has 3 nitrogen and oxygen atoms in total. The minimum absolute atomic E-state index is 0.246. The fourth-order valence-electron chi connectivity index (χ4n) is 3.75. The molecule has 2 N–H and O–H groups in total. The molecule has 1 saturated carbocycles. The number of nitrogens with zero attached hydrogens (tertiary/aromatic N) is 2. The molecule has 0 amide bonds. The number of likely N-dealkylation sites (N-methyl/N-ethyl adjacent to an activating group) is 2. The van der Waals surface area contributed by atoms with E-state index in [9.17, 15) is 0 Å². The van der Waals surface area contributed by atoms with E-state index in [0.29, 0.717) is 0 Å². The highest BCUT2D eigenvalue weighted by atomic mass is 15.3. The Bertz CT molecular complexity index is 238. The fraction of sp³-hybridized carbons (Fsp3) is 1.00. The van der Waals surface area contributed by atoms with Crippen LogP contribution in [0.15, 0.2) is 0 Å². The lowest BCUT2D eigenvalue weighted by Gasteiger charge is -2.47. The predicted molar refractivity (Wildman–Crippen MR) is 73.1 cm³/mol. The highest BCUT2D eigenvalue weighted by molar-refractivity contribution is 4.96. The summed E-state index contributed by atoms with van der Waals surface area (Å²) in [5.41, 5.74) is 6.35. The molecule has 1 unspecified atom stereocenters. The summed E-state index contributed by atoms with van der Waals surface area (Å²) >= 11 is 0. The van der Waals surface area contributed by atoms with Crippen molar-refractivity contribution in [3.8, 4) is 0 Å². The van der Waals surface area contributed by atoms with E-state index in [1.807, 2.05) is 0 Å². The lowest BCUT2D eigenvalue weighted by molar-refractivity contribution is 0.0350. The van der Waals surface area contributed by atoms with E-state index >= 15 is 0 Å². The SMILES string of the molecule is CN1CCCC(CN)(N(C)CC2CCCC2)C1. The normalized spacial score (nSPS) is 32.5. The lowest BCUT2D eigenvalue weighted by atomic mass is 9.86. The maximum absolute atomic E-state index is 6.11. The van der Waals surface area contributed by atoms with Crippen molar-refractivity contribution >= 4 is 0 Å². The van der Waals surface area contributed by atoms with Crippen LogP contribution in [-0.4, -0.2) is 55.6 Å². The molecular formula is C14H29N3. The molecule has 100 valence electrons. The molecule has 0 aromatic carbocycles. The van der Waals surface area contributed by atoms with Crippen LogP contribution in [0.5, 0.6) is 0 Å². The number of rotatable bonds is 4. The molecule has 0 bridgehead atoms. The smallest absolute Gasteiger partial charge is 0.0455 e. The summed E-state index contributed by atoms with van der Waals surface area (Å²) in [7, 11) is 4.53. The Labute approximate surface area is 106 Å². The van der Waals surface area contributed by atoms with E-state index in [1.165, 1.54) is 51.6 Å². The van der Waals surface area contributed by atoms with E-state index < -0.39 is 0 Å². The average Bonchev–Trinajstić information content (AvgIpc) is 2.81. The zero-order valence-electron chi connectivity index (χ0n) is 11.6. The summed E-state index contributed by atoms with van der Waals surface area (Å²) in [5, 5.41) is 0. The van der Waals surface area contributed by atoms with Gasteiger partial charge in [-0.15, -0.1) is 0 Å². The Morgan fingerprint density at radius 1 is 1.29 bits per heavy atom. The van der Waals surface area contributed by atoms with Crippen LogP contribution in [0, 0.1) is 5.92 Å². The van der Waals surface area contributed by atoms with Gasteiger partial charge in [0.1, 0.15) is 0 Å². The van der Waals surface area contributed by atoms with Crippen molar-refractivity contribution in [3.63, 3.8) is 0 Å². The van der Waals surface area contributed by atoms with Crippen LogP contribution in [-0.2, 0) is 0 Å². The molecular weight excluding hydrogens is 210 g/mol. The molecule has 1 heterocycles. The molecule has 1 atom stereocenters. The molecule has 2 aliphatic rings. The first-order chi connectivity index (χ1) is 8.16. The van der Waals surface area contributed by atoms with Crippen molar-refractivity contribution in [2.24, 2.45) is 11.7 Å². The second-order valence-electron chi connectivity index (χ2n) is 6.30. The van der Waals surface area contributed by atoms with Gasteiger partial charge in [0.15, 0.2) is 0 Å². The van der Waals surface area contributed by atoms with Gasteiger partial charge in [-0.2, -0.15) is 0 Å². The monoisotopic (exact) mass is 239 g/mol. The highest BCUT2D eigenvalue weighted by Gasteiger charge is 2.37. The van der Waals surface area contributed by atoms with E-state index in [2.05, 4.69) is 23.9 Å². The highest BCUT2D eigenvalue weighted by Crippen LogP contribution is 2.30. The zero-order valence-corrected chi connectivity index (χ0v) is 11.6. The Balaban J connectivity index is 1.95. The third-order valence-corrected chi connectivity index (χ3v) is 4.94. The third kappa shape index (κ3) is 3.01. The summed E-state index contributed by atoms with van der Waals surface area (Å²) in [5.74, 6) is 0.927. The second-order valence-corrected chi connectivity index (χ2v) is 6.30. The molecule has 1 aliphatic heterocycles. The first kappa shape index (κ1) is 13.3. The molecule has 1 aliphatic carbocycles. The Hall–Kier alpha value is -0.120. The molecule has 3 heteroatoms. The zero-order chi connectivity index (χ0) is 12.3. The fourth-order valence-corrected chi connectivity index (χ4v) is 3.75. The first-order valence-corrected chi connectivity index (χ1v) is 7.26.